The molecule has 128 valence electrons. The Labute approximate surface area is 155 Å². The average molecular weight is 430 g/mol. The maximum Gasteiger partial charge on any atom is 0.191 e. The van der Waals surface area contributed by atoms with Gasteiger partial charge in [0.2, 0.25) is 0 Å². The summed E-state index contributed by atoms with van der Waals surface area (Å²) in [6.45, 7) is 6.75. The summed E-state index contributed by atoms with van der Waals surface area (Å²) in [4.78, 5) is 6.82. The molecule has 0 amide bonds. The fourth-order valence-corrected chi connectivity index (χ4v) is 2.94. The van der Waals surface area contributed by atoms with E-state index in [1.807, 2.05) is 0 Å². The van der Waals surface area contributed by atoms with Crippen LogP contribution in [0.25, 0.3) is 0 Å². The van der Waals surface area contributed by atoms with Gasteiger partial charge in [-0.15, -0.1) is 24.0 Å². The lowest BCUT2D eigenvalue weighted by Crippen LogP contribution is -2.37. The van der Waals surface area contributed by atoms with Crippen LogP contribution in [0.2, 0.25) is 0 Å². The highest BCUT2D eigenvalue weighted by Gasteiger charge is 2.16. The second-order valence-corrected chi connectivity index (χ2v) is 6.41. The molecular weight excluding hydrogens is 403 g/mol. The molecule has 0 saturated carbocycles. The number of nitrogens with one attached hydrogen (secondary N) is 2. The number of aliphatic imine (C=N–C) groups is 1. The maximum atomic E-state index is 9.55. The van der Waals surface area contributed by atoms with Gasteiger partial charge in [0.25, 0.3) is 0 Å². The van der Waals surface area contributed by atoms with Crippen LogP contribution in [0.1, 0.15) is 30.9 Å². The lowest BCUT2D eigenvalue weighted by atomic mass is 10.1. The van der Waals surface area contributed by atoms with Crippen molar-refractivity contribution in [2.45, 2.75) is 45.0 Å². The number of rotatable bonds is 4. The molecule has 2 aliphatic heterocycles. The van der Waals surface area contributed by atoms with E-state index in [-0.39, 0.29) is 30.1 Å². The number of aliphatic hydroxyl groups excluding tert-OH is 1. The molecule has 0 spiro atoms. The number of guanidine groups is 1. The molecule has 1 aromatic rings. The average Bonchev–Trinajstić information content (AvgIpc) is 2.94. The molecule has 0 aromatic heterocycles. The predicted molar refractivity (Wildman–Crippen MR) is 104 cm³/mol. The first-order valence-corrected chi connectivity index (χ1v) is 8.22. The minimum atomic E-state index is -0.0977. The van der Waals surface area contributed by atoms with Crippen molar-refractivity contribution in [3.63, 3.8) is 0 Å². The van der Waals surface area contributed by atoms with E-state index in [2.05, 4.69) is 51.7 Å². The molecule has 0 radical (unpaired) electrons. The number of halogens is 1. The zero-order valence-corrected chi connectivity index (χ0v) is 16.0. The minimum absolute atomic E-state index is 0. The quantitative estimate of drug-likeness (QED) is 0.637. The Bertz CT molecular complexity index is 512. The van der Waals surface area contributed by atoms with Crippen LogP contribution >= 0.6 is 24.0 Å². The molecule has 1 aromatic carbocycles. The highest BCUT2D eigenvalue weighted by Crippen LogP contribution is 2.14. The van der Waals surface area contributed by atoms with Crippen LogP contribution in [0.4, 0.5) is 0 Å². The Morgan fingerprint density at radius 2 is 1.87 bits per heavy atom. The highest BCUT2D eigenvalue weighted by molar-refractivity contribution is 14.0. The number of aliphatic hydroxyl groups is 1. The van der Waals surface area contributed by atoms with Crippen molar-refractivity contribution in [2.24, 2.45) is 4.99 Å². The number of hydrogen-bond donors (Lipinski definition) is 3. The van der Waals surface area contributed by atoms with Crippen molar-refractivity contribution in [3.05, 3.63) is 35.4 Å². The Hall–Kier alpha value is -0.860. The number of piperidine rings is 1. The summed E-state index contributed by atoms with van der Waals surface area (Å²) in [5, 5.41) is 16.2. The fourth-order valence-electron chi connectivity index (χ4n) is 2.94. The van der Waals surface area contributed by atoms with Gasteiger partial charge >= 0.3 is 0 Å². The van der Waals surface area contributed by atoms with Crippen molar-refractivity contribution in [3.8, 4) is 0 Å². The Morgan fingerprint density at radius 3 is 2.48 bits per heavy atom. The second-order valence-electron chi connectivity index (χ2n) is 6.41. The van der Waals surface area contributed by atoms with Gasteiger partial charge < -0.3 is 15.7 Å². The minimum Gasteiger partial charge on any atom is -0.393 e. The van der Waals surface area contributed by atoms with Crippen molar-refractivity contribution in [1.82, 2.24) is 15.5 Å². The van der Waals surface area contributed by atoms with Gasteiger partial charge in [-0.2, -0.15) is 0 Å². The lowest BCUT2D eigenvalue weighted by Gasteiger charge is -2.29. The van der Waals surface area contributed by atoms with Crippen LogP contribution in [0, 0.1) is 0 Å². The van der Waals surface area contributed by atoms with Crippen LogP contribution in [-0.2, 0) is 13.1 Å². The molecule has 0 bridgehead atoms. The van der Waals surface area contributed by atoms with E-state index in [1.165, 1.54) is 11.1 Å². The van der Waals surface area contributed by atoms with E-state index in [0.29, 0.717) is 6.04 Å². The van der Waals surface area contributed by atoms with E-state index in [0.717, 1.165) is 51.5 Å². The Balaban J connectivity index is 0.00000192. The molecule has 2 aliphatic rings. The zero-order chi connectivity index (χ0) is 15.4. The largest absolute Gasteiger partial charge is 0.393 e. The van der Waals surface area contributed by atoms with E-state index in [9.17, 15) is 5.11 Å². The molecule has 1 atom stereocenters. The standard InChI is InChI=1S/C17H26N4O.HI/c1-13-10-18-17(20-13)19-11-14-2-4-15(5-3-14)12-21-8-6-16(22)7-9-21;/h2-5,13,16,22H,6-12H2,1H3,(H2,18,19,20);1H. The van der Waals surface area contributed by atoms with Gasteiger partial charge in [0.1, 0.15) is 0 Å². The Morgan fingerprint density at radius 1 is 1.22 bits per heavy atom. The second kappa shape index (κ2) is 8.84. The lowest BCUT2D eigenvalue weighted by molar-refractivity contribution is 0.0792. The number of benzene rings is 1. The third-order valence-corrected chi connectivity index (χ3v) is 4.35. The van der Waals surface area contributed by atoms with Crippen molar-refractivity contribution >= 4 is 29.9 Å². The van der Waals surface area contributed by atoms with E-state index in [4.69, 9.17) is 0 Å². The number of nitrogens with zero attached hydrogens (tertiary/aromatic N) is 2. The van der Waals surface area contributed by atoms with Crippen LogP contribution in [0.15, 0.2) is 29.3 Å². The predicted octanol–water partition coefficient (Wildman–Crippen LogP) is 1.70. The summed E-state index contributed by atoms with van der Waals surface area (Å²) >= 11 is 0. The molecule has 5 nitrogen and oxygen atoms in total. The number of likely N-dealkylation sites (tertiary alicyclic amines) is 1. The van der Waals surface area contributed by atoms with E-state index < -0.39 is 0 Å². The summed E-state index contributed by atoms with van der Waals surface area (Å²) in [6.07, 6.45) is 1.70. The third kappa shape index (κ3) is 5.61. The van der Waals surface area contributed by atoms with Crippen molar-refractivity contribution in [2.75, 3.05) is 19.6 Å². The summed E-state index contributed by atoms with van der Waals surface area (Å²) in [5.74, 6) is 0.906. The molecule has 1 fully saturated rings. The van der Waals surface area contributed by atoms with Crippen LogP contribution in [0.5, 0.6) is 0 Å². The summed E-state index contributed by atoms with van der Waals surface area (Å²) in [7, 11) is 0. The SMILES string of the molecule is CC1CN=C(NCc2ccc(CN3CCC(O)CC3)cc2)N1.I. The molecule has 1 saturated heterocycles. The molecule has 2 heterocycles. The van der Waals surface area contributed by atoms with Crippen LogP contribution in [0.3, 0.4) is 0 Å². The van der Waals surface area contributed by atoms with Gasteiger partial charge in [-0.25, -0.2) is 0 Å². The molecule has 23 heavy (non-hydrogen) atoms. The van der Waals surface area contributed by atoms with Gasteiger partial charge in [-0.05, 0) is 30.9 Å². The van der Waals surface area contributed by atoms with Crippen LogP contribution < -0.4 is 10.6 Å². The Kier molecular flexibility index (Phi) is 7.10. The summed E-state index contributed by atoms with van der Waals surface area (Å²) < 4.78 is 0. The van der Waals surface area contributed by atoms with Gasteiger partial charge in [-0.3, -0.25) is 9.89 Å². The van der Waals surface area contributed by atoms with Crippen molar-refractivity contribution < 1.29 is 5.11 Å². The summed E-state index contributed by atoms with van der Waals surface area (Å²) in [5.41, 5.74) is 2.60. The number of hydrogen-bond acceptors (Lipinski definition) is 5. The topological polar surface area (TPSA) is 59.9 Å². The smallest absolute Gasteiger partial charge is 0.191 e. The van der Waals surface area contributed by atoms with Gasteiger partial charge in [-0.1, -0.05) is 24.3 Å². The first-order chi connectivity index (χ1) is 10.7. The molecule has 0 aliphatic carbocycles. The zero-order valence-electron chi connectivity index (χ0n) is 13.7. The van der Waals surface area contributed by atoms with Gasteiger partial charge in [0, 0.05) is 32.2 Å². The molecule has 3 rings (SSSR count). The maximum absolute atomic E-state index is 9.55. The molecule has 6 heteroatoms. The normalized spacial score (nSPS) is 22.2. The highest BCUT2D eigenvalue weighted by atomic mass is 127. The van der Waals surface area contributed by atoms with Crippen molar-refractivity contribution in [1.29, 1.82) is 0 Å². The third-order valence-electron chi connectivity index (χ3n) is 4.35. The molecular formula is C17H27IN4O. The van der Waals surface area contributed by atoms with E-state index in [1.54, 1.807) is 0 Å². The van der Waals surface area contributed by atoms with Crippen LogP contribution in [-0.4, -0.2) is 47.7 Å². The van der Waals surface area contributed by atoms with Gasteiger partial charge in [0.05, 0.1) is 12.6 Å². The van der Waals surface area contributed by atoms with Gasteiger partial charge in [0.15, 0.2) is 5.96 Å². The fraction of sp³-hybridized carbons (Fsp3) is 0.588. The van der Waals surface area contributed by atoms with E-state index >= 15 is 0 Å². The first-order valence-electron chi connectivity index (χ1n) is 8.22. The monoisotopic (exact) mass is 430 g/mol. The summed E-state index contributed by atoms with van der Waals surface area (Å²) in [6, 6.07) is 9.21. The molecule has 1 unspecified atom stereocenters. The first kappa shape index (κ1) is 18.5. The molecule has 3 N–H and O–H groups in total.